The van der Waals surface area contributed by atoms with E-state index in [0.29, 0.717) is 6.42 Å². The Labute approximate surface area is 176 Å². The van der Waals surface area contributed by atoms with Gasteiger partial charge in [-0.05, 0) is 43.9 Å². The molecule has 1 aromatic carbocycles. The van der Waals surface area contributed by atoms with Gasteiger partial charge >= 0.3 is 0 Å². The molecule has 0 aliphatic heterocycles. The first kappa shape index (κ1) is 20.0. The van der Waals surface area contributed by atoms with Crippen LogP contribution in [0.5, 0.6) is 0 Å². The summed E-state index contributed by atoms with van der Waals surface area (Å²) in [6, 6.07) is 12.1. The van der Waals surface area contributed by atoms with Crippen LogP contribution in [0, 0.1) is 6.92 Å². The van der Waals surface area contributed by atoms with Crippen LogP contribution in [0.1, 0.15) is 43.2 Å². The lowest BCUT2D eigenvalue weighted by Gasteiger charge is -2.12. The Bertz CT molecular complexity index is 1240. The first-order chi connectivity index (χ1) is 14.6. The summed E-state index contributed by atoms with van der Waals surface area (Å²) < 4.78 is 1.81. The lowest BCUT2D eigenvalue weighted by molar-refractivity contribution is 0.173. The number of aliphatic hydroxyl groups is 1. The minimum absolute atomic E-state index is 0.440. The van der Waals surface area contributed by atoms with E-state index < -0.39 is 6.10 Å². The molecular formula is C25H26N4O. The molecule has 0 aliphatic carbocycles. The lowest BCUT2D eigenvalue weighted by atomic mass is 9.99. The van der Waals surface area contributed by atoms with Crippen molar-refractivity contribution in [1.29, 1.82) is 0 Å². The lowest BCUT2D eigenvalue weighted by Crippen LogP contribution is -2.01. The van der Waals surface area contributed by atoms with Crippen LogP contribution in [0.25, 0.3) is 27.9 Å². The van der Waals surface area contributed by atoms with Crippen molar-refractivity contribution in [3.8, 4) is 11.3 Å². The Kier molecular flexibility index (Phi) is 5.72. The molecule has 30 heavy (non-hydrogen) atoms. The fourth-order valence-corrected chi connectivity index (χ4v) is 3.59. The molecule has 1 N–H and O–H groups in total. The van der Waals surface area contributed by atoms with Crippen LogP contribution in [-0.4, -0.2) is 24.7 Å². The summed E-state index contributed by atoms with van der Waals surface area (Å²) in [5.41, 5.74) is 6.48. The van der Waals surface area contributed by atoms with Crippen molar-refractivity contribution in [2.24, 2.45) is 0 Å². The molecular weight excluding hydrogens is 372 g/mol. The van der Waals surface area contributed by atoms with Gasteiger partial charge in [-0.1, -0.05) is 55.5 Å². The van der Waals surface area contributed by atoms with Crippen LogP contribution in [0.4, 0.5) is 0 Å². The van der Waals surface area contributed by atoms with Gasteiger partial charge in [0.25, 0.3) is 0 Å². The molecule has 0 fully saturated rings. The largest absolute Gasteiger partial charge is 0.388 e. The Morgan fingerprint density at radius 2 is 1.93 bits per heavy atom. The molecule has 1 atom stereocenters. The average Bonchev–Trinajstić information content (AvgIpc) is 3.16. The van der Waals surface area contributed by atoms with E-state index in [1.807, 2.05) is 80.0 Å². The smallest absolute Gasteiger partial charge is 0.165 e. The van der Waals surface area contributed by atoms with Crippen LogP contribution in [-0.2, 0) is 6.42 Å². The van der Waals surface area contributed by atoms with Crippen molar-refractivity contribution in [3.05, 3.63) is 83.7 Å². The normalized spacial score (nSPS) is 13.2. The van der Waals surface area contributed by atoms with Gasteiger partial charge in [0.2, 0.25) is 0 Å². The second-order valence-electron chi connectivity index (χ2n) is 7.43. The quantitative estimate of drug-likeness (QED) is 0.444. The molecule has 3 aromatic heterocycles. The summed E-state index contributed by atoms with van der Waals surface area (Å²) in [5.74, 6) is 0. The highest BCUT2D eigenvalue weighted by atomic mass is 16.3. The minimum Gasteiger partial charge on any atom is -0.388 e. The zero-order valence-electron chi connectivity index (χ0n) is 17.6. The third-order valence-corrected chi connectivity index (χ3v) is 5.19. The third-order valence-electron chi connectivity index (χ3n) is 5.19. The molecule has 5 nitrogen and oxygen atoms in total. The molecule has 0 aliphatic rings. The number of aryl methyl sites for hydroxylation is 1. The number of hydrogen-bond acceptors (Lipinski definition) is 4. The number of aliphatic hydroxyl groups excluding tert-OH is 1. The first-order valence-corrected chi connectivity index (χ1v) is 10.3. The van der Waals surface area contributed by atoms with Crippen LogP contribution in [0.3, 0.4) is 0 Å². The van der Waals surface area contributed by atoms with Crippen molar-refractivity contribution in [2.75, 3.05) is 0 Å². The van der Waals surface area contributed by atoms with E-state index in [9.17, 15) is 5.11 Å². The van der Waals surface area contributed by atoms with E-state index in [4.69, 9.17) is 4.98 Å². The Balaban J connectivity index is 1.87. The summed E-state index contributed by atoms with van der Waals surface area (Å²) in [4.78, 5) is 9.55. The molecule has 0 saturated heterocycles. The first-order valence-electron chi connectivity index (χ1n) is 10.3. The van der Waals surface area contributed by atoms with E-state index >= 15 is 0 Å². The highest BCUT2D eigenvalue weighted by Crippen LogP contribution is 2.28. The van der Waals surface area contributed by atoms with Crippen molar-refractivity contribution < 1.29 is 5.11 Å². The second-order valence-corrected chi connectivity index (χ2v) is 7.43. The fourth-order valence-electron chi connectivity index (χ4n) is 3.59. The number of fused-ring (bicyclic) bond motifs is 3. The minimum atomic E-state index is -0.440. The standard InChI is InChI=1S/C25H26N4O/c1-4-6-7-8-9-20-15-21-16-26-23-14-17(3)28-29(23)25(21)27-24(20)19-12-10-18(11-13-19)22(30)5-2/h4,6-8,10-16,22,30H,5,9H2,1-3H3. The maximum Gasteiger partial charge on any atom is 0.165 e. The van der Waals surface area contributed by atoms with Gasteiger partial charge < -0.3 is 5.11 Å². The summed E-state index contributed by atoms with van der Waals surface area (Å²) in [6.45, 7) is 5.94. The summed E-state index contributed by atoms with van der Waals surface area (Å²) in [7, 11) is 0. The van der Waals surface area contributed by atoms with Gasteiger partial charge in [0.1, 0.15) is 0 Å². The van der Waals surface area contributed by atoms with E-state index in [-0.39, 0.29) is 0 Å². The number of allylic oxidation sites excluding steroid dienone is 4. The number of rotatable bonds is 6. The fraction of sp³-hybridized carbons (Fsp3) is 0.240. The van der Waals surface area contributed by atoms with Crippen LogP contribution < -0.4 is 0 Å². The predicted octanol–water partition coefficient (Wildman–Crippen LogP) is 5.37. The zero-order valence-corrected chi connectivity index (χ0v) is 17.6. The Morgan fingerprint density at radius 1 is 1.13 bits per heavy atom. The summed E-state index contributed by atoms with van der Waals surface area (Å²) >= 11 is 0. The van der Waals surface area contributed by atoms with Gasteiger partial charge in [-0.15, -0.1) is 0 Å². The van der Waals surface area contributed by atoms with Gasteiger partial charge in [-0.25, -0.2) is 9.97 Å². The van der Waals surface area contributed by atoms with Gasteiger partial charge in [0.05, 0.1) is 17.5 Å². The molecule has 5 heteroatoms. The Hall–Kier alpha value is -3.31. The Morgan fingerprint density at radius 3 is 2.67 bits per heavy atom. The van der Waals surface area contributed by atoms with Crippen molar-refractivity contribution >= 4 is 16.7 Å². The molecule has 0 radical (unpaired) electrons. The molecule has 0 amide bonds. The zero-order chi connectivity index (χ0) is 21.1. The van der Waals surface area contributed by atoms with Crippen LogP contribution in [0.2, 0.25) is 0 Å². The molecule has 0 bridgehead atoms. The van der Waals surface area contributed by atoms with Crippen molar-refractivity contribution in [3.63, 3.8) is 0 Å². The molecule has 4 rings (SSSR count). The number of nitrogens with zero attached hydrogens (tertiary/aromatic N) is 4. The molecule has 0 saturated carbocycles. The van der Waals surface area contributed by atoms with Crippen molar-refractivity contribution in [2.45, 2.75) is 39.7 Å². The SMILES string of the molecule is CC=CC=CCc1cc2cnc3cc(C)nn3c2nc1-c1ccc(C(O)CC)cc1. The second kappa shape index (κ2) is 8.59. The molecule has 0 spiro atoms. The van der Waals surface area contributed by atoms with Crippen LogP contribution in [0.15, 0.2) is 66.9 Å². The van der Waals surface area contributed by atoms with E-state index in [0.717, 1.165) is 51.2 Å². The van der Waals surface area contributed by atoms with E-state index in [1.165, 1.54) is 0 Å². The van der Waals surface area contributed by atoms with E-state index in [1.54, 1.807) is 0 Å². The van der Waals surface area contributed by atoms with Gasteiger partial charge in [0.15, 0.2) is 11.3 Å². The summed E-state index contributed by atoms with van der Waals surface area (Å²) in [5, 5.41) is 15.7. The topological polar surface area (TPSA) is 63.3 Å². The number of pyridine rings is 1. The number of aromatic nitrogens is 4. The molecule has 1 unspecified atom stereocenters. The third kappa shape index (κ3) is 3.89. The molecule has 152 valence electrons. The number of hydrogen-bond donors (Lipinski definition) is 1. The highest BCUT2D eigenvalue weighted by Gasteiger charge is 2.13. The molecule has 4 aromatic rings. The molecule has 3 heterocycles. The average molecular weight is 399 g/mol. The van der Waals surface area contributed by atoms with Crippen molar-refractivity contribution in [1.82, 2.24) is 19.6 Å². The monoisotopic (exact) mass is 398 g/mol. The van der Waals surface area contributed by atoms with Gasteiger partial charge in [-0.2, -0.15) is 9.61 Å². The summed E-state index contributed by atoms with van der Waals surface area (Å²) in [6.07, 6.45) is 11.1. The maximum atomic E-state index is 10.1. The van der Waals surface area contributed by atoms with Gasteiger partial charge in [-0.3, -0.25) is 0 Å². The van der Waals surface area contributed by atoms with E-state index in [2.05, 4.69) is 22.2 Å². The maximum absolute atomic E-state index is 10.1. The van der Waals surface area contributed by atoms with Gasteiger partial charge in [0, 0.05) is 23.2 Å². The predicted molar refractivity (Wildman–Crippen MR) is 121 cm³/mol. The highest BCUT2D eigenvalue weighted by molar-refractivity contribution is 5.82. The van der Waals surface area contributed by atoms with Crippen LogP contribution >= 0.6 is 0 Å². The number of benzene rings is 1.